The van der Waals surface area contributed by atoms with E-state index in [-0.39, 0.29) is 0 Å². The minimum Gasteiger partial charge on any atom is -0.478 e. The second-order valence-electron chi connectivity index (χ2n) is 3.99. The van der Waals surface area contributed by atoms with Crippen LogP contribution in [0, 0.1) is 5.92 Å². The molecule has 1 fully saturated rings. The Kier molecular flexibility index (Phi) is 3.41. The minimum absolute atomic E-state index is 0.315. The average Bonchev–Trinajstić information content (AvgIpc) is 2.80. The van der Waals surface area contributed by atoms with Crippen LogP contribution in [0.2, 0.25) is 0 Å². The number of rotatable bonds is 4. The number of anilines is 1. The van der Waals surface area contributed by atoms with Crippen molar-refractivity contribution in [1.82, 2.24) is 0 Å². The Morgan fingerprint density at radius 2 is 2.19 bits per heavy atom. The van der Waals surface area contributed by atoms with E-state index >= 15 is 0 Å². The van der Waals surface area contributed by atoms with Crippen molar-refractivity contribution >= 4 is 11.7 Å². The smallest absolute Gasteiger partial charge is 0.335 e. The highest BCUT2D eigenvalue weighted by Crippen LogP contribution is 2.15. The monoisotopic (exact) mass is 221 g/mol. The van der Waals surface area contributed by atoms with Crippen LogP contribution in [0.15, 0.2) is 24.3 Å². The quantitative estimate of drug-likeness (QED) is 0.814. The molecule has 1 aromatic rings. The number of aromatic carboxylic acids is 1. The summed E-state index contributed by atoms with van der Waals surface area (Å²) < 4.78 is 5.28. The molecule has 86 valence electrons. The molecule has 0 saturated carbocycles. The lowest BCUT2D eigenvalue weighted by molar-refractivity contribution is 0.0697. The number of nitrogens with one attached hydrogen (secondary N) is 1. The third-order valence-electron chi connectivity index (χ3n) is 2.75. The third kappa shape index (κ3) is 2.73. The molecule has 1 aliphatic heterocycles. The van der Waals surface area contributed by atoms with Crippen LogP contribution in [0.4, 0.5) is 5.69 Å². The molecule has 1 atom stereocenters. The standard InChI is InChI=1S/C12H15NO3/c14-12(15)10-1-3-11(4-2-10)13-7-9-5-6-16-8-9/h1-4,9,13H,5-8H2,(H,14,15). The summed E-state index contributed by atoms with van der Waals surface area (Å²) in [7, 11) is 0. The van der Waals surface area contributed by atoms with E-state index in [9.17, 15) is 4.79 Å². The summed E-state index contributed by atoms with van der Waals surface area (Å²) in [5.74, 6) is -0.324. The Balaban J connectivity index is 1.87. The average molecular weight is 221 g/mol. The van der Waals surface area contributed by atoms with Crippen molar-refractivity contribution in [3.63, 3.8) is 0 Å². The van der Waals surface area contributed by atoms with Gasteiger partial charge in [-0.3, -0.25) is 0 Å². The highest BCUT2D eigenvalue weighted by Gasteiger charge is 2.14. The molecule has 0 radical (unpaired) electrons. The Morgan fingerprint density at radius 3 is 2.75 bits per heavy atom. The van der Waals surface area contributed by atoms with E-state index in [4.69, 9.17) is 9.84 Å². The fourth-order valence-electron chi connectivity index (χ4n) is 1.74. The Hall–Kier alpha value is -1.55. The Morgan fingerprint density at radius 1 is 1.44 bits per heavy atom. The number of carboxylic acids is 1. The van der Waals surface area contributed by atoms with Crippen LogP contribution < -0.4 is 5.32 Å². The SMILES string of the molecule is O=C(O)c1ccc(NCC2CCOC2)cc1. The molecule has 2 rings (SSSR count). The number of hydrogen-bond acceptors (Lipinski definition) is 3. The minimum atomic E-state index is -0.893. The molecule has 0 amide bonds. The van der Waals surface area contributed by atoms with Crippen molar-refractivity contribution < 1.29 is 14.6 Å². The molecule has 1 unspecified atom stereocenters. The first-order valence-corrected chi connectivity index (χ1v) is 5.40. The largest absolute Gasteiger partial charge is 0.478 e. The summed E-state index contributed by atoms with van der Waals surface area (Å²) in [4.78, 5) is 10.6. The van der Waals surface area contributed by atoms with Gasteiger partial charge >= 0.3 is 5.97 Å². The molecule has 1 aromatic carbocycles. The summed E-state index contributed by atoms with van der Waals surface area (Å²) in [6.07, 6.45) is 1.10. The molecule has 0 spiro atoms. The second-order valence-corrected chi connectivity index (χ2v) is 3.99. The zero-order valence-electron chi connectivity index (χ0n) is 8.98. The predicted octanol–water partition coefficient (Wildman–Crippen LogP) is 1.83. The first-order chi connectivity index (χ1) is 7.75. The van der Waals surface area contributed by atoms with Crippen molar-refractivity contribution in [1.29, 1.82) is 0 Å². The van der Waals surface area contributed by atoms with E-state index in [1.807, 2.05) is 0 Å². The van der Waals surface area contributed by atoms with Gasteiger partial charge in [0.25, 0.3) is 0 Å². The number of ether oxygens (including phenoxy) is 1. The first-order valence-electron chi connectivity index (χ1n) is 5.40. The van der Waals surface area contributed by atoms with Crippen LogP contribution in [0.5, 0.6) is 0 Å². The molecule has 4 nitrogen and oxygen atoms in total. The molecule has 1 saturated heterocycles. The summed E-state index contributed by atoms with van der Waals surface area (Å²) in [5, 5.41) is 12.0. The predicted molar refractivity (Wildman–Crippen MR) is 60.8 cm³/mol. The number of hydrogen-bond donors (Lipinski definition) is 2. The molecule has 2 N–H and O–H groups in total. The van der Waals surface area contributed by atoms with Crippen LogP contribution in [-0.2, 0) is 4.74 Å². The van der Waals surface area contributed by atoms with E-state index in [1.54, 1.807) is 24.3 Å². The van der Waals surface area contributed by atoms with Gasteiger partial charge in [0.2, 0.25) is 0 Å². The van der Waals surface area contributed by atoms with Crippen LogP contribution in [0.3, 0.4) is 0 Å². The van der Waals surface area contributed by atoms with E-state index in [0.717, 1.165) is 31.9 Å². The normalized spacial score (nSPS) is 19.6. The molecule has 1 heterocycles. The summed E-state index contributed by atoms with van der Waals surface area (Å²) >= 11 is 0. The Labute approximate surface area is 94.2 Å². The fourth-order valence-corrected chi connectivity index (χ4v) is 1.74. The lowest BCUT2D eigenvalue weighted by Crippen LogP contribution is -2.14. The second kappa shape index (κ2) is 4.99. The topological polar surface area (TPSA) is 58.6 Å². The summed E-state index contributed by atoms with van der Waals surface area (Å²) in [6, 6.07) is 6.80. The molecule has 4 heteroatoms. The molecular weight excluding hydrogens is 206 g/mol. The van der Waals surface area contributed by atoms with E-state index in [0.29, 0.717) is 11.5 Å². The maximum atomic E-state index is 10.6. The van der Waals surface area contributed by atoms with Crippen molar-refractivity contribution in [2.24, 2.45) is 5.92 Å². The van der Waals surface area contributed by atoms with Gasteiger partial charge in [0.1, 0.15) is 0 Å². The van der Waals surface area contributed by atoms with E-state index in [2.05, 4.69) is 5.32 Å². The lowest BCUT2D eigenvalue weighted by atomic mass is 10.1. The van der Waals surface area contributed by atoms with Gasteiger partial charge < -0.3 is 15.2 Å². The van der Waals surface area contributed by atoms with Gasteiger partial charge in [-0.1, -0.05) is 0 Å². The van der Waals surface area contributed by atoms with E-state index in [1.165, 1.54) is 0 Å². The first kappa shape index (κ1) is 11.0. The molecule has 16 heavy (non-hydrogen) atoms. The molecular formula is C12H15NO3. The zero-order chi connectivity index (χ0) is 11.4. The highest BCUT2D eigenvalue weighted by molar-refractivity contribution is 5.87. The zero-order valence-corrected chi connectivity index (χ0v) is 8.98. The van der Waals surface area contributed by atoms with Crippen LogP contribution >= 0.6 is 0 Å². The van der Waals surface area contributed by atoms with Gasteiger partial charge in [0, 0.05) is 24.8 Å². The van der Waals surface area contributed by atoms with Gasteiger partial charge in [-0.05, 0) is 30.7 Å². The van der Waals surface area contributed by atoms with Gasteiger partial charge in [-0.15, -0.1) is 0 Å². The van der Waals surface area contributed by atoms with Gasteiger partial charge in [0.15, 0.2) is 0 Å². The molecule has 1 aliphatic rings. The van der Waals surface area contributed by atoms with Crippen LogP contribution in [0.1, 0.15) is 16.8 Å². The van der Waals surface area contributed by atoms with Crippen molar-refractivity contribution in [2.45, 2.75) is 6.42 Å². The number of carboxylic acid groups (broad SMARTS) is 1. The fraction of sp³-hybridized carbons (Fsp3) is 0.417. The molecule has 0 bridgehead atoms. The lowest BCUT2D eigenvalue weighted by Gasteiger charge is -2.10. The summed E-state index contributed by atoms with van der Waals surface area (Å²) in [6.45, 7) is 2.55. The van der Waals surface area contributed by atoms with Gasteiger partial charge in [0.05, 0.1) is 12.2 Å². The molecule has 0 aliphatic carbocycles. The van der Waals surface area contributed by atoms with Crippen molar-refractivity contribution in [3.8, 4) is 0 Å². The van der Waals surface area contributed by atoms with Crippen LogP contribution in [-0.4, -0.2) is 30.8 Å². The maximum Gasteiger partial charge on any atom is 0.335 e. The number of carbonyl (C=O) groups is 1. The van der Waals surface area contributed by atoms with Crippen molar-refractivity contribution in [3.05, 3.63) is 29.8 Å². The third-order valence-corrected chi connectivity index (χ3v) is 2.75. The highest BCUT2D eigenvalue weighted by atomic mass is 16.5. The van der Waals surface area contributed by atoms with E-state index < -0.39 is 5.97 Å². The van der Waals surface area contributed by atoms with Gasteiger partial charge in [-0.25, -0.2) is 4.79 Å². The van der Waals surface area contributed by atoms with Crippen molar-refractivity contribution in [2.75, 3.05) is 25.1 Å². The number of benzene rings is 1. The molecule has 0 aromatic heterocycles. The maximum absolute atomic E-state index is 10.6. The van der Waals surface area contributed by atoms with Gasteiger partial charge in [-0.2, -0.15) is 0 Å². The summed E-state index contributed by atoms with van der Waals surface area (Å²) in [5.41, 5.74) is 1.27. The Bertz CT molecular complexity index is 355. The van der Waals surface area contributed by atoms with Crippen LogP contribution in [0.25, 0.3) is 0 Å².